The second kappa shape index (κ2) is 11.1. The van der Waals surface area contributed by atoms with E-state index < -0.39 is 35.1 Å². The lowest BCUT2D eigenvalue weighted by molar-refractivity contribution is -0.143. The number of fused-ring (bicyclic) bond motifs is 3. The number of hydrogen-bond donors (Lipinski definition) is 2. The van der Waals surface area contributed by atoms with Gasteiger partial charge in [-0.05, 0) is 55.7 Å². The minimum atomic E-state index is -4.51. The molecule has 214 valence electrons. The average Bonchev–Trinajstić information content (AvgIpc) is 3.49. The SMILES string of the molecule is O=C(OC12CCCN1CCCCCCCC=CC1CC1(C(=O)O)NC2)N1CCc2cccc(C(F)(F)F)c2C1. The highest BCUT2D eigenvalue weighted by atomic mass is 19.4. The molecule has 2 fully saturated rings. The van der Waals surface area contributed by atoms with E-state index in [0.29, 0.717) is 24.8 Å². The van der Waals surface area contributed by atoms with Gasteiger partial charge >= 0.3 is 18.2 Å². The van der Waals surface area contributed by atoms with Crippen molar-refractivity contribution in [2.24, 2.45) is 5.92 Å². The number of nitrogens with one attached hydrogen (secondary N) is 1. The van der Waals surface area contributed by atoms with Crippen LogP contribution < -0.4 is 5.32 Å². The summed E-state index contributed by atoms with van der Waals surface area (Å²) in [7, 11) is 0. The Kier molecular flexibility index (Phi) is 7.97. The van der Waals surface area contributed by atoms with Crippen LogP contribution in [-0.4, -0.2) is 64.4 Å². The molecule has 0 aromatic heterocycles. The molecule has 3 unspecified atom stereocenters. The Morgan fingerprint density at radius 3 is 2.62 bits per heavy atom. The third kappa shape index (κ3) is 5.82. The van der Waals surface area contributed by atoms with E-state index in [9.17, 15) is 27.9 Å². The Hall–Kier alpha value is -2.59. The molecule has 1 aliphatic carbocycles. The first-order chi connectivity index (χ1) is 18.6. The number of allylic oxidation sites excluding steroid dienone is 1. The van der Waals surface area contributed by atoms with Crippen LogP contribution in [0.15, 0.2) is 30.4 Å². The van der Waals surface area contributed by atoms with Crippen LogP contribution in [0, 0.1) is 5.92 Å². The highest BCUT2D eigenvalue weighted by Gasteiger charge is 2.60. The van der Waals surface area contributed by atoms with Crippen LogP contribution in [0.25, 0.3) is 0 Å². The zero-order valence-electron chi connectivity index (χ0n) is 22.3. The second-order valence-electron chi connectivity index (χ2n) is 11.4. The summed E-state index contributed by atoms with van der Waals surface area (Å²) in [5, 5.41) is 13.3. The summed E-state index contributed by atoms with van der Waals surface area (Å²) in [6.07, 6.45) is 7.30. The molecular formula is C29H38F3N3O4. The molecule has 1 aromatic rings. The van der Waals surface area contributed by atoms with Crippen molar-refractivity contribution in [1.82, 2.24) is 15.1 Å². The van der Waals surface area contributed by atoms with Crippen molar-refractivity contribution in [3.05, 3.63) is 47.0 Å². The van der Waals surface area contributed by atoms with Gasteiger partial charge in [0.15, 0.2) is 5.72 Å². The van der Waals surface area contributed by atoms with Crippen molar-refractivity contribution in [3.8, 4) is 0 Å². The van der Waals surface area contributed by atoms with E-state index in [0.717, 1.165) is 64.1 Å². The van der Waals surface area contributed by atoms with Gasteiger partial charge in [0, 0.05) is 38.5 Å². The molecule has 1 saturated carbocycles. The Labute approximate surface area is 227 Å². The molecule has 0 spiro atoms. The molecule has 3 aliphatic heterocycles. The van der Waals surface area contributed by atoms with E-state index in [1.165, 1.54) is 11.0 Å². The zero-order chi connectivity index (χ0) is 27.7. The third-order valence-corrected chi connectivity index (χ3v) is 8.93. The van der Waals surface area contributed by atoms with Crippen LogP contribution in [0.1, 0.15) is 74.5 Å². The van der Waals surface area contributed by atoms with Crippen LogP contribution in [0.4, 0.5) is 18.0 Å². The molecule has 2 N–H and O–H groups in total. The van der Waals surface area contributed by atoms with Gasteiger partial charge in [-0.3, -0.25) is 15.0 Å². The Morgan fingerprint density at radius 1 is 1.05 bits per heavy atom. The molecule has 1 amide bonds. The van der Waals surface area contributed by atoms with Crippen LogP contribution in [0.2, 0.25) is 0 Å². The van der Waals surface area contributed by atoms with Gasteiger partial charge in [-0.25, -0.2) is 4.79 Å². The number of halogens is 3. The van der Waals surface area contributed by atoms with Gasteiger partial charge in [0.1, 0.15) is 5.54 Å². The van der Waals surface area contributed by atoms with Crippen molar-refractivity contribution < 1.29 is 32.6 Å². The summed E-state index contributed by atoms with van der Waals surface area (Å²) in [6.45, 7) is 1.70. The van der Waals surface area contributed by atoms with Gasteiger partial charge in [0.25, 0.3) is 0 Å². The van der Waals surface area contributed by atoms with Crippen molar-refractivity contribution in [2.75, 3.05) is 26.2 Å². The first-order valence-electron chi connectivity index (χ1n) is 14.2. The lowest BCUT2D eigenvalue weighted by atomic mass is 9.95. The number of rotatable bonds is 2. The van der Waals surface area contributed by atoms with Crippen molar-refractivity contribution >= 4 is 12.1 Å². The van der Waals surface area contributed by atoms with E-state index in [1.807, 2.05) is 6.08 Å². The number of alkyl halides is 3. The summed E-state index contributed by atoms with van der Waals surface area (Å²) in [4.78, 5) is 29.3. The van der Waals surface area contributed by atoms with Gasteiger partial charge in [-0.2, -0.15) is 13.2 Å². The summed E-state index contributed by atoms with van der Waals surface area (Å²) in [5.74, 6) is -1.04. The zero-order valence-corrected chi connectivity index (χ0v) is 22.3. The normalized spacial score (nSPS) is 30.3. The minimum Gasteiger partial charge on any atom is -0.480 e. The first kappa shape index (κ1) is 28.0. The van der Waals surface area contributed by atoms with E-state index in [1.54, 1.807) is 6.07 Å². The smallest absolute Gasteiger partial charge is 0.416 e. The minimum absolute atomic E-state index is 0.117. The number of ether oxygens (including phenoxy) is 1. The Balaban J connectivity index is 1.37. The van der Waals surface area contributed by atoms with Crippen molar-refractivity contribution in [2.45, 2.75) is 88.2 Å². The number of carboxylic acid groups (broad SMARTS) is 1. The molecule has 1 aromatic carbocycles. The van der Waals surface area contributed by atoms with Crippen LogP contribution in [0.3, 0.4) is 0 Å². The quantitative estimate of drug-likeness (QED) is 0.485. The third-order valence-electron chi connectivity index (χ3n) is 8.93. The molecule has 0 radical (unpaired) electrons. The van der Waals surface area contributed by atoms with Gasteiger partial charge in [-0.15, -0.1) is 0 Å². The number of carboxylic acids is 1. The lowest BCUT2D eigenvalue weighted by Gasteiger charge is -2.41. The van der Waals surface area contributed by atoms with E-state index >= 15 is 0 Å². The van der Waals surface area contributed by atoms with Crippen molar-refractivity contribution in [1.29, 1.82) is 0 Å². The number of benzene rings is 1. The molecule has 0 bridgehead atoms. The van der Waals surface area contributed by atoms with Crippen LogP contribution >= 0.6 is 0 Å². The van der Waals surface area contributed by atoms with Gasteiger partial charge in [0.05, 0.1) is 12.1 Å². The molecule has 3 heterocycles. The predicted octanol–water partition coefficient (Wildman–Crippen LogP) is 5.34. The fourth-order valence-corrected chi connectivity index (χ4v) is 6.50. The van der Waals surface area contributed by atoms with Gasteiger partial charge < -0.3 is 14.7 Å². The molecule has 3 atom stereocenters. The number of carbonyl (C=O) groups is 2. The fraction of sp³-hybridized carbons (Fsp3) is 0.655. The maximum atomic E-state index is 13.7. The van der Waals surface area contributed by atoms with E-state index in [2.05, 4.69) is 16.3 Å². The topological polar surface area (TPSA) is 82.1 Å². The Morgan fingerprint density at radius 2 is 1.82 bits per heavy atom. The molecule has 7 nitrogen and oxygen atoms in total. The van der Waals surface area contributed by atoms with Crippen LogP contribution in [0.5, 0.6) is 0 Å². The maximum Gasteiger partial charge on any atom is 0.416 e. The summed E-state index contributed by atoms with van der Waals surface area (Å²) in [5.41, 5.74) is -2.13. The van der Waals surface area contributed by atoms with Crippen molar-refractivity contribution in [3.63, 3.8) is 0 Å². The molecule has 5 rings (SSSR count). The molecular weight excluding hydrogens is 511 g/mol. The molecule has 1 saturated heterocycles. The predicted molar refractivity (Wildman–Crippen MR) is 139 cm³/mol. The summed E-state index contributed by atoms with van der Waals surface area (Å²) < 4.78 is 47.3. The van der Waals surface area contributed by atoms with Gasteiger partial charge in [-0.1, -0.05) is 43.5 Å². The maximum absolute atomic E-state index is 13.7. The first-order valence-corrected chi connectivity index (χ1v) is 14.2. The number of hydrogen-bond acceptors (Lipinski definition) is 5. The molecule has 10 heteroatoms. The summed E-state index contributed by atoms with van der Waals surface area (Å²) in [6, 6.07) is 4.15. The highest BCUT2D eigenvalue weighted by molar-refractivity contribution is 5.84. The number of amides is 1. The van der Waals surface area contributed by atoms with Gasteiger partial charge in [0.2, 0.25) is 0 Å². The molecule has 4 aliphatic rings. The van der Waals surface area contributed by atoms with Crippen LogP contribution in [-0.2, 0) is 28.7 Å². The lowest BCUT2D eigenvalue weighted by Crippen LogP contribution is -2.59. The van der Waals surface area contributed by atoms with E-state index in [-0.39, 0.29) is 31.1 Å². The Bertz CT molecular complexity index is 1110. The largest absolute Gasteiger partial charge is 0.480 e. The number of nitrogens with zero attached hydrogens (tertiary/aromatic N) is 2. The fourth-order valence-electron chi connectivity index (χ4n) is 6.50. The molecule has 39 heavy (non-hydrogen) atoms. The second-order valence-corrected chi connectivity index (χ2v) is 11.4. The monoisotopic (exact) mass is 549 g/mol. The van der Waals surface area contributed by atoms with E-state index in [4.69, 9.17) is 4.74 Å². The number of carbonyl (C=O) groups excluding carboxylic acids is 1. The summed E-state index contributed by atoms with van der Waals surface area (Å²) >= 11 is 0. The average molecular weight is 550 g/mol. The highest BCUT2D eigenvalue weighted by Crippen LogP contribution is 2.46. The standard InChI is InChI=1S/C29H38F3N3O4/c30-29(31,32)24-12-8-10-21-13-17-34(19-23(21)24)26(38)39-27-14-9-16-35(27)15-7-5-3-1-2-4-6-11-22-18-28(22,25(36)37)33-20-27/h6,8,10-12,22,33H,1-5,7,9,13-20H2,(H,36,37). The number of aliphatic carboxylic acids is 1.